The van der Waals surface area contributed by atoms with E-state index in [0.29, 0.717) is 21.5 Å². The summed E-state index contributed by atoms with van der Waals surface area (Å²) in [5, 5.41) is 3.35. The first kappa shape index (κ1) is 22.1. The molecule has 0 radical (unpaired) electrons. The van der Waals surface area contributed by atoms with E-state index in [1.54, 1.807) is 18.2 Å². The Morgan fingerprint density at radius 2 is 1.61 bits per heavy atom. The smallest absolute Gasteiger partial charge is 0.309 e. The molecular formula is C21H23Cl2NO4. The molecule has 1 N–H and O–H groups in total. The monoisotopic (exact) mass is 423 g/mol. The van der Waals surface area contributed by atoms with Gasteiger partial charge in [0.1, 0.15) is 5.75 Å². The molecule has 0 saturated heterocycles. The minimum absolute atomic E-state index is 0.0390. The van der Waals surface area contributed by atoms with Crippen LogP contribution in [0.4, 0.5) is 5.69 Å². The lowest BCUT2D eigenvalue weighted by Gasteiger charge is -2.19. The normalized spacial score (nSPS) is 11.0. The number of ether oxygens (including phenoxy) is 2. The quantitative estimate of drug-likeness (QED) is 0.618. The molecule has 0 atom stereocenters. The van der Waals surface area contributed by atoms with E-state index in [-0.39, 0.29) is 18.4 Å². The number of carbonyl (C=O) groups is 2. The fourth-order valence-corrected chi connectivity index (χ4v) is 2.87. The van der Waals surface area contributed by atoms with Crippen molar-refractivity contribution in [1.82, 2.24) is 0 Å². The molecule has 0 aromatic heterocycles. The van der Waals surface area contributed by atoms with Crippen LogP contribution >= 0.6 is 23.2 Å². The maximum absolute atomic E-state index is 11.8. The highest BCUT2D eigenvalue weighted by atomic mass is 35.5. The number of esters is 1. The zero-order valence-corrected chi connectivity index (χ0v) is 17.6. The Bertz CT molecular complexity index is 809. The number of nitrogens with one attached hydrogen (secondary N) is 1. The summed E-state index contributed by atoms with van der Waals surface area (Å²) in [7, 11) is 0. The van der Waals surface area contributed by atoms with Crippen molar-refractivity contribution in [2.24, 2.45) is 0 Å². The molecule has 0 bridgehead atoms. The number of benzene rings is 2. The van der Waals surface area contributed by atoms with Crippen molar-refractivity contribution in [1.29, 1.82) is 0 Å². The summed E-state index contributed by atoms with van der Waals surface area (Å²) < 4.78 is 10.5. The van der Waals surface area contributed by atoms with Gasteiger partial charge in [-0.3, -0.25) is 9.59 Å². The second kappa shape index (κ2) is 9.80. The third kappa shape index (κ3) is 7.41. The first-order valence-electron chi connectivity index (χ1n) is 8.78. The lowest BCUT2D eigenvalue weighted by atomic mass is 9.87. The summed E-state index contributed by atoms with van der Waals surface area (Å²) in [6.45, 7) is 6.17. The highest BCUT2D eigenvalue weighted by Crippen LogP contribution is 2.24. The van der Waals surface area contributed by atoms with Crippen LogP contribution in [0.2, 0.25) is 10.0 Å². The maximum Gasteiger partial charge on any atom is 0.309 e. The number of hydrogen-bond acceptors (Lipinski definition) is 4. The van der Waals surface area contributed by atoms with Crippen molar-refractivity contribution in [3.05, 3.63) is 58.1 Å². The van der Waals surface area contributed by atoms with Gasteiger partial charge < -0.3 is 14.8 Å². The molecule has 2 aromatic carbocycles. The number of hydrogen-bond donors (Lipinski definition) is 1. The second-order valence-corrected chi connectivity index (χ2v) is 8.11. The minimum atomic E-state index is -0.523. The Kier molecular flexibility index (Phi) is 7.72. The van der Waals surface area contributed by atoms with Gasteiger partial charge in [-0.25, -0.2) is 0 Å². The van der Waals surface area contributed by atoms with E-state index < -0.39 is 18.5 Å². The summed E-state index contributed by atoms with van der Waals surface area (Å²) in [6, 6.07) is 12.4. The van der Waals surface area contributed by atoms with E-state index in [1.165, 1.54) is 5.56 Å². The van der Waals surface area contributed by atoms with E-state index >= 15 is 0 Å². The average Bonchev–Trinajstić information content (AvgIpc) is 2.59. The van der Waals surface area contributed by atoms with Gasteiger partial charge in [0.15, 0.2) is 6.61 Å². The Morgan fingerprint density at radius 3 is 2.18 bits per heavy atom. The Balaban J connectivity index is 1.70. The van der Waals surface area contributed by atoms with Gasteiger partial charge >= 0.3 is 5.97 Å². The molecule has 1 amide bonds. The summed E-state index contributed by atoms with van der Waals surface area (Å²) >= 11 is 11.7. The molecule has 5 nitrogen and oxygen atoms in total. The SMILES string of the molecule is CC(C)(C)c1ccc(OCCC(=O)OCC(=O)Nc2cc(Cl)cc(Cl)c2)cc1. The van der Waals surface area contributed by atoms with Crippen LogP contribution in [-0.2, 0) is 19.7 Å². The van der Waals surface area contributed by atoms with Crippen molar-refractivity contribution < 1.29 is 19.1 Å². The first-order chi connectivity index (χ1) is 13.1. The molecule has 0 aliphatic heterocycles. The van der Waals surface area contributed by atoms with Crippen LogP contribution in [0, 0.1) is 0 Å². The maximum atomic E-state index is 11.8. The van der Waals surface area contributed by atoms with E-state index in [1.807, 2.05) is 24.3 Å². The van der Waals surface area contributed by atoms with E-state index in [9.17, 15) is 9.59 Å². The van der Waals surface area contributed by atoms with E-state index in [2.05, 4.69) is 26.1 Å². The number of rotatable bonds is 7. The Morgan fingerprint density at radius 1 is 1.00 bits per heavy atom. The van der Waals surface area contributed by atoms with Crippen molar-refractivity contribution in [2.75, 3.05) is 18.5 Å². The number of carbonyl (C=O) groups excluding carboxylic acids is 2. The summed E-state index contributed by atoms with van der Waals surface area (Å²) in [6.07, 6.45) is 0.0390. The summed E-state index contributed by atoms with van der Waals surface area (Å²) in [5.41, 5.74) is 1.70. The molecule has 0 unspecified atom stereocenters. The predicted octanol–water partition coefficient (Wildman–Crippen LogP) is 5.24. The van der Waals surface area contributed by atoms with Crippen LogP contribution in [0.3, 0.4) is 0 Å². The molecule has 0 spiro atoms. The molecule has 150 valence electrons. The predicted molar refractivity (Wildman–Crippen MR) is 111 cm³/mol. The lowest BCUT2D eigenvalue weighted by Crippen LogP contribution is -2.21. The van der Waals surface area contributed by atoms with Gasteiger partial charge in [-0.15, -0.1) is 0 Å². The Hall–Kier alpha value is -2.24. The molecule has 0 saturated carbocycles. The molecule has 0 fully saturated rings. The molecule has 0 aliphatic carbocycles. The molecule has 0 aliphatic rings. The topological polar surface area (TPSA) is 64.6 Å². The van der Waals surface area contributed by atoms with Crippen molar-refractivity contribution >= 4 is 40.8 Å². The number of halogens is 2. The van der Waals surface area contributed by atoms with Crippen LogP contribution in [-0.4, -0.2) is 25.1 Å². The summed E-state index contributed by atoms with van der Waals surface area (Å²) in [5.74, 6) is -0.327. The van der Waals surface area contributed by atoms with Gasteiger partial charge in [0, 0.05) is 15.7 Å². The standard InChI is InChI=1S/C21H23Cl2NO4/c1-21(2,3)14-4-6-18(7-5-14)27-9-8-20(26)28-13-19(25)24-17-11-15(22)10-16(23)12-17/h4-7,10-12H,8-9,13H2,1-3H3,(H,24,25). The fraction of sp³-hybridized carbons (Fsp3) is 0.333. The largest absolute Gasteiger partial charge is 0.493 e. The molecule has 28 heavy (non-hydrogen) atoms. The Labute approximate surface area is 174 Å². The fourth-order valence-electron chi connectivity index (χ4n) is 2.34. The zero-order chi connectivity index (χ0) is 20.7. The highest BCUT2D eigenvalue weighted by Gasteiger charge is 2.13. The van der Waals surface area contributed by atoms with Crippen molar-refractivity contribution in [2.45, 2.75) is 32.6 Å². The zero-order valence-electron chi connectivity index (χ0n) is 16.1. The molecular weight excluding hydrogens is 401 g/mol. The van der Waals surface area contributed by atoms with Crippen LogP contribution in [0.15, 0.2) is 42.5 Å². The summed E-state index contributed by atoms with van der Waals surface area (Å²) in [4.78, 5) is 23.6. The van der Waals surface area contributed by atoms with E-state index in [0.717, 1.165) is 0 Å². The van der Waals surface area contributed by atoms with Crippen LogP contribution in [0.1, 0.15) is 32.8 Å². The van der Waals surface area contributed by atoms with Gasteiger partial charge in [0.25, 0.3) is 5.91 Å². The highest BCUT2D eigenvalue weighted by molar-refractivity contribution is 6.35. The lowest BCUT2D eigenvalue weighted by molar-refractivity contribution is -0.147. The molecule has 2 aromatic rings. The van der Waals surface area contributed by atoms with Crippen LogP contribution in [0.25, 0.3) is 0 Å². The van der Waals surface area contributed by atoms with Crippen LogP contribution in [0.5, 0.6) is 5.75 Å². The van der Waals surface area contributed by atoms with Crippen molar-refractivity contribution in [3.8, 4) is 5.75 Å². The minimum Gasteiger partial charge on any atom is -0.493 e. The van der Waals surface area contributed by atoms with Crippen LogP contribution < -0.4 is 10.1 Å². The number of amides is 1. The second-order valence-electron chi connectivity index (χ2n) is 7.24. The van der Waals surface area contributed by atoms with Gasteiger partial charge in [-0.05, 0) is 41.3 Å². The molecule has 7 heteroatoms. The van der Waals surface area contributed by atoms with Gasteiger partial charge in [0.05, 0.1) is 13.0 Å². The third-order valence-electron chi connectivity index (χ3n) is 3.81. The molecule has 2 rings (SSSR count). The van der Waals surface area contributed by atoms with Crippen molar-refractivity contribution in [3.63, 3.8) is 0 Å². The molecule has 0 heterocycles. The number of anilines is 1. The van der Waals surface area contributed by atoms with Gasteiger partial charge in [0.2, 0.25) is 0 Å². The first-order valence-corrected chi connectivity index (χ1v) is 9.54. The third-order valence-corrected chi connectivity index (χ3v) is 4.24. The average molecular weight is 424 g/mol. The van der Waals surface area contributed by atoms with Gasteiger partial charge in [-0.2, -0.15) is 0 Å². The van der Waals surface area contributed by atoms with E-state index in [4.69, 9.17) is 32.7 Å². The van der Waals surface area contributed by atoms with Gasteiger partial charge in [-0.1, -0.05) is 56.1 Å².